The summed E-state index contributed by atoms with van der Waals surface area (Å²) in [7, 11) is 1.60. The lowest BCUT2D eigenvalue weighted by molar-refractivity contribution is 0.0978. The molecular weight excluding hydrogens is 422 g/mol. The summed E-state index contributed by atoms with van der Waals surface area (Å²) in [5, 5.41) is 5.65. The van der Waals surface area contributed by atoms with Crippen molar-refractivity contribution in [3.05, 3.63) is 35.1 Å². The number of amides is 1. The molecule has 0 aliphatic carbocycles. The Morgan fingerprint density at radius 1 is 1.23 bits per heavy atom. The van der Waals surface area contributed by atoms with Gasteiger partial charge in [0.05, 0.1) is 16.8 Å². The first kappa shape index (κ1) is 22.5. The van der Waals surface area contributed by atoms with Gasteiger partial charge in [0.15, 0.2) is 10.8 Å². The second-order valence-corrected chi connectivity index (χ2v) is 8.57. The number of carbonyl (C=O) groups is 1. The van der Waals surface area contributed by atoms with Gasteiger partial charge in [-0.2, -0.15) is 5.10 Å². The quantitative estimate of drug-likeness (QED) is 0.472. The van der Waals surface area contributed by atoms with Crippen LogP contribution in [0.2, 0.25) is 5.02 Å². The Kier molecular flexibility index (Phi) is 7.33. The van der Waals surface area contributed by atoms with Crippen LogP contribution in [0.4, 0.5) is 5.13 Å². The van der Waals surface area contributed by atoms with Crippen molar-refractivity contribution >= 4 is 44.2 Å². The molecule has 0 saturated carbocycles. The molecule has 1 aromatic carbocycles. The SMILES string of the molecule is CCN(CC)CCN(C(=O)c1ccn(C(C)C)n1)c1nc2c(OC)ccc(Cl)c2s1. The van der Waals surface area contributed by atoms with Crippen LogP contribution < -0.4 is 9.64 Å². The van der Waals surface area contributed by atoms with Crippen LogP contribution in [0.1, 0.15) is 44.2 Å². The van der Waals surface area contributed by atoms with E-state index in [9.17, 15) is 4.79 Å². The molecule has 0 aliphatic rings. The molecule has 162 valence electrons. The van der Waals surface area contributed by atoms with E-state index in [0.29, 0.717) is 33.7 Å². The number of rotatable bonds is 9. The van der Waals surface area contributed by atoms with Crippen molar-refractivity contribution in [3.63, 3.8) is 0 Å². The third kappa shape index (κ3) is 4.61. The van der Waals surface area contributed by atoms with Gasteiger partial charge in [0.2, 0.25) is 0 Å². The predicted molar refractivity (Wildman–Crippen MR) is 123 cm³/mol. The molecule has 0 radical (unpaired) electrons. The first-order valence-corrected chi connectivity index (χ1v) is 11.3. The number of halogens is 1. The summed E-state index contributed by atoms with van der Waals surface area (Å²) in [6.07, 6.45) is 1.83. The molecule has 2 heterocycles. The van der Waals surface area contributed by atoms with Crippen LogP contribution in [0.25, 0.3) is 10.2 Å². The summed E-state index contributed by atoms with van der Waals surface area (Å²) in [5.41, 5.74) is 1.07. The zero-order valence-corrected chi connectivity index (χ0v) is 19.6. The fourth-order valence-electron chi connectivity index (χ4n) is 3.16. The summed E-state index contributed by atoms with van der Waals surface area (Å²) < 4.78 is 8.03. The van der Waals surface area contributed by atoms with Gasteiger partial charge < -0.3 is 9.64 Å². The van der Waals surface area contributed by atoms with E-state index in [4.69, 9.17) is 21.3 Å². The molecule has 1 amide bonds. The first-order valence-electron chi connectivity index (χ1n) is 10.1. The fourth-order valence-corrected chi connectivity index (χ4v) is 4.45. The summed E-state index contributed by atoms with van der Waals surface area (Å²) in [5.74, 6) is 0.466. The number of nitrogens with zero attached hydrogens (tertiary/aromatic N) is 5. The average Bonchev–Trinajstić information content (AvgIpc) is 3.39. The summed E-state index contributed by atoms with van der Waals surface area (Å²) >= 11 is 7.79. The van der Waals surface area contributed by atoms with E-state index >= 15 is 0 Å². The lowest BCUT2D eigenvalue weighted by atomic mass is 10.3. The summed E-state index contributed by atoms with van der Waals surface area (Å²) in [6, 6.07) is 5.52. The van der Waals surface area contributed by atoms with Gasteiger partial charge in [-0.25, -0.2) is 4.98 Å². The topological polar surface area (TPSA) is 63.5 Å². The minimum atomic E-state index is -0.171. The van der Waals surface area contributed by atoms with E-state index in [2.05, 4.69) is 23.8 Å². The van der Waals surface area contributed by atoms with Crippen LogP contribution in [-0.2, 0) is 0 Å². The molecule has 3 rings (SSSR count). The van der Waals surface area contributed by atoms with Gasteiger partial charge in [0.25, 0.3) is 5.91 Å². The van der Waals surface area contributed by atoms with Crippen molar-refractivity contribution < 1.29 is 9.53 Å². The number of thiazole rings is 1. The third-order valence-corrected chi connectivity index (χ3v) is 6.57. The van der Waals surface area contributed by atoms with E-state index in [0.717, 1.165) is 24.3 Å². The van der Waals surface area contributed by atoms with E-state index in [1.165, 1.54) is 11.3 Å². The largest absolute Gasteiger partial charge is 0.494 e. The molecule has 0 saturated heterocycles. The zero-order chi connectivity index (χ0) is 21.8. The van der Waals surface area contributed by atoms with Gasteiger partial charge in [0.1, 0.15) is 11.3 Å². The van der Waals surface area contributed by atoms with Crippen LogP contribution in [-0.4, -0.2) is 58.9 Å². The Morgan fingerprint density at radius 2 is 1.97 bits per heavy atom. The number of likely N-dealkylation sites (N-methyl/N-ethyl adjacent to an activating group) is 1. The van der Waals surface area contributed by atoms with Crippen molar-refractivity contribution in [3.8, 4) is 5.75 Å². The van der Waals surface area contributed by atoms with Crippen molar-refractivity contribution in [2.45, 2.75) is 33.7 Å². The van der Waals surface area contributed by atoms with E-state index in [-0.39, 0.29) is 11.9 Å². The Balaban J connectivity index is 2.01. The monoisotopic (exact) mass is 449 g/mol. The number of carbonyl (C=O) groups excluding carboxylic acids is 1. The first-order chi connectivity index (χ1) is 14.4. The maximum atomic E-state index is 13.4. The maximum absolute atomic E-state index is 13.4. The normalized spacial score (nSPS) is 11.6. The Labute approximate surface area is 186 Å². The highest BCUT2D eigenvalue weighted by molar-refractivity contribution is 7.23. The molecule has 7 nitrogen and oxygen atoms in total. The van der Waals surface area contributed by atoms with Crippen molar-refractivity contribution in [1.29, 1.82) is 0 Å². The van der Waals surface area contributed by atoms with E-state index in [1.807, 2.05) is 20.0 Å². The Morgan fingerprint density at radius 3 is 2.57 bits per heavy atom. The highest BCUT2D eigenvalue weighted by atomic mass is 35.5. The molecule has 0 aliphatic heterocycles. The highest BCUT2D eigenvalue weighted by Gasteiger charge is 2.25. The smallest absolute Gasteiger partial charge is 0.280 e. The highest BCUT2D eigenvalue weighted by Crippen LogP contribution is 2.39. The van der Waals surface area contributed by atoms with Crippen molar-refractivity contribution in [2.24, 2.45) is 0 Å². The van der Waals surface area contributed by atoms with Gasteiger partial charge in [-0.3, -0.25) is 14.4 Å². The van der Waals surface area contributed by atoms with Crippen molar-refractivity contribution in [2.75, 3.05) is 38.2 Å². The Bertz CT molecular complexity index is 1010. The second-order valence-electron chi connectivity index (χ2n) is 7.18. The summed E-state index contributed by atoms with van der Waals surface area (Å²) in [6.45, 7) is 11.4. The molecule has 0 atom stereocenters. The zero-order valence-electron chi connectivity index (χ0n) is 18.1. The number of hydrogen-bond donors (Lipinski definition) is 0. The van der Waals surface area contributed by atoms with Gasteiger partial charge >= 0.3 is 0 Å². The lowest BCUT2D eigenvalue weighted by Gasteiger charge is -2.24. The van der Waals surface area contributed by atoms with Crippen LogP contribution >= 0.6 is 22.9 Å². The minimum Gasteiger partial charge on any atom is -0.494 e. The molecule has 0 N–H and O–H groups in total. The number of anilines is 1. The molecule has 0 fully saturated rings. The molecule has 0 unspecified atom stereocenters. The van der Waals surface area contributed by atoms with E-state index < -0.39 is 0 Å². The molecule has 2 aromatic heterocycles. The molecule has 9 heteroatoms. The number of aromatic nitrogens is 3. The Hall–Kier alpha value is -2.16. The average molecular weight is 450 g/mol. The number of methoxy groups -OCH3 is 1. The van der Waals surface area contributed by atoms with Crippen molar-refractivity contribution in [1.82, 2.24) is 19.7 Å². The number of fused-ring (bicyclic) bond motifs is 1. The number of benzene rings is 1. The minimum absolute atomic E-state index is 0.171. The van der Waals surface area contributed by atoms with Crippen LogP contribution in [0, 0.1) is 0 Å². The van der Waals surface area contributed by atoms with Gasteiger partial charge in [0, 0.05) is 25.3 Å². The number of hydrogen-bond acceptors (Lipinski definition) is 6. The van der Waals surface area contributed by atoms with Crippen LogP contribution in [0.3, 0.4) is 0 Å². The van der Waals surface area contributed by atoms with Gasteiger partial charge in [-0.1, -0.05) is 36.8 Å². The standard InChI is InChI=1S/C21H28ClN5O2S/c1-6-25(7-2)12-13-26(20(28)16-10-11-27(24-16)14(3)4)21-23-18-17(29-5)9-8-15(22)19(18)30-21/h8-11,14H,6-7,12-13H2,1-5H3. The number of ether oxygens (including phenoxy) is 1. The van der Waals surface area contributed by atoms with E-state index in [1.54, 1.807) is 34.9 Å². The molecular formula is C21H28ClN5O2S. The maximum Gasteiger partial charge on any atom is 0.280 e. The van der Waals surface area contributed by atoms with Gasteiger partial charge in [-0.15, -0.1) is 0 Å². The third-order valence-electron chi connectivity index (χ3n) is 5.03. The summed E-state index contributed by atoms with van der Waals surface area (Å²) in [4.78, 5) is 22.1. The fraction of sp³-hybridized carbons (Fsp3) is 0.476. The molecule has 30 heavy (non-hydrogen) atoms. The molecule has 3 aromatic rings. The second kappa shape index (κ2) is 9.76. The molecule has 0 bridgehead atoms. The lowest BCUT2D eigenvalue weighted by Crippen LogP contribution is -2.39. The van der Waals surface area contributed by atoms with Crippen LogP contribution in [0.5, 0.6) is 5.75 Å². The predicted octanol–water partition coefficient (Wildman–Crippen LogP) is 4.72. The van der Waals surface area contributed by atoms with Gasteiger partial charge in [-0.05, 0) is 45.1 Å². The molecule has 0 spiro atoms. The van der Waals surface area contributed by atoms with Crippen LogP contribution in [0.15, 0.2) is 24.4 Å².